The number of hydrogen-bond donors (Lipinski definition) is 1. The van der Waals surface area contributed by atoms with Gasteiger partial charge in [0.25, 0.3) is 11.5 Å². The highest BCUT2D eigenvalue weighted by Gasteiger charge is 2.36. The molecule has 148 valence electrons. The number of thiazole rings is 1. The van der Waals surface area contributed by atoms with Gasteiger partial charge in [0.1, 0.15) is 15.0 Å². The average Bonchev–Trinajstić information content (AvgIpc) is 3.03. The highest BCUT2D eigenvalue weighted by molar-refractivity contribution is 7.07. The Morgan fingerprint density at radius 2 is 2.17 bits per heavy atom. The molecule has 1 aliphatic rings. The van der Waals surface area contributed by atoms with Crippen LogP contribution >= 0.6 is 11.3 Å². The maximum atomic E-state index is 13.1. The molecular weight excluding hydrogens is 394 g/mol. The van der Waals surface area contributed by atoms with E-state index in [9.17, 15) is 19.6 Å². The summed E-state index contributed by atoms with van der Waals surface area (Å²) in [6.07, 6.45) is 4.15. The van der Waals surface area contributed by atoms with Crippen LogP contribution < -0.4 is 20.5 Å². The number of rotatable bonds is 3. The third kappa shape index (κ3) is 3.32. The Balaban J connectivity index is 2.51. The van der Waals surface area contributed by atoms with Gasteiger partial charge in [-0.25, -0.2) is 4.79 Å². The Morgan fingerprint density at radius 1 is 1.45 bits per heavy atom. The van der Waals surface area contributed by atoms with Gasteiger partial charge < -0.3 is 15.4 Å². The van der Waals surface area contributed by atoms with Crippen LogP contribution in [0.15, 0.2) is 34.9 Å². The molecule has 0 saturated heterocycles. The first-order valence-corrected chi connectivity index (χ1v) is 9.20. The van der Waals surface area contributed by atoms with Crippen molar-refractivity contribution in [2.24, 2.45) is 5.73 Å². The van der Waals surface area contributed by atoms with Gasteiger partial charge in [-0.3, -0.25) is 19.1 Å². The Bertz CT molecular complexity index is 1250. The summed E-state index contributed by atoms with van der Waals surface area (Å²) in [5, 5.41) is 9.80. The maximum Gasteiger partial charge on any atom is 0.332 e. The molecule has 0 spiro atoms. The number of hydrogen-bond acceptors (Lipinski definition) is 8. The lowest BCUT2D eigenvalue weighted by Gasteiger charge is -2.26. The molecular formula is C19H17N5O4S. The predicted octanol–water partition coefficient (Wildman–Crippen LogP) is -1.05. The molecule has 2 aromatic heterocycles. The topological polar surface area (TPSA) is 131 Å². The molecule has 0 bridgehead atoms. The van der Waals surface area contributed by atoms with Crippen molar-refractivity contribution in [3.63, 3.8) is 0 Å². The number of methoxy groups -OCH3 is 1. The number of ether oxygens (including phenoxy) is 1. The van der Waals surface area contributed by atoms with Crippen molar-refractivity contribution in [2.45, 2.75) is 5.92 Å². The van der Waals surface area contributed by atoms with E-state index in [1.165, 1.54) is 12.0 Å². The summed E-state index contributed by atoms with van der Waals surface area (Å²) < 4.78 is 5.99. The van der Waals surface area contributed by atoms with Gasteiger partial charge in [-0.15, -0.1) is 11.3 Å². The molecule has 2 N–H and O–H groups in total. The van der Waals surface area contributed by atoms with Crippen molar-refractivity contribution in [1.82, 2.24) is 14.5 Å². The molecule has 10 heteroatoms. The highest BCUT2D eigenvalue weighted by Crippen LogP contribution is 2.36. The fourth-order valence-corrected chi connectivity index (χ4v) is 4.17. The number of carbonyl (C=O) groups is 2. The molecule has 0 radical (unpaired) electrons. The minimum atomic E-state index is -0.798. The van der Waals surface area contributed by atoms with E-state index in [4.69, 9.17) is 5.73 Å². The number of allylic oxidation sites excluding steroid dienone is 1. The molecule has 29 heavy (non-hydrogen) atoms. The van der Waals surface area contributed by atoms with Crippen LogP contribution in [-0.4, -0.2) is 47.5 Å². The van der Waals surface area contributed by atoms with Gasteiger partial charge >= 0.3 is 5.97 Å². The van der Waals surface area contributed by atoms with Gasteiger partial charge in [0.05, 0.1) is 30.2 Å². The number of fused-ring (bicyclic) bond motifs is 1. The van der Waals surface area contributed by atoms with E-state index in [1.807, 2.05) is 6.07 Å². The summed E-state index contributed by atoms with van der Waals surface area (Å²) in [4.78, 5) is 43.1. The second kappa shape index (κ2) is 7.73. The summed E-state index contributed by atoms with van der Waals surface area (Å²) in [6, 6.07) is 5.45. The SMILES string of the molecule is COC(=O)/C=c1\sc2n(c1=O)C(N)=C(C#N)[C@@H](c1cccnc1)C=2C(=O)N(C)C. The van der Waals surface area contributed by atoms with E-state index < -0.39 is 23.4 Å². The van der Waals surface area contributed by atoms with Gasteiger partial charge in [0.15, 0.2) is 0 Å². The summed E-state index contributed by atoms with van der Waals surface area (Å²) in [7, 11) is 4.33. The van der Waals surface area contributed by atoms with Crippen molar-refractivity contribution in [2.75, 3.05) is 21.2 Å². The van der Waals surface area contributed by atoms with Gasteiger partial charge in [-0.05, 0) is 11.6 Å². The molecule has 1 atom stereocenters. The molecule has 0 saturated carbocycles. The van der Waals surface area contributed by atoms with Crippen LogP contribution in [0.5, 0.6) is 0 Å². The van der Waals surface area contributed by atoms with Gasteiger partial charge in [0.2, 0.25) is 0 Å². The third-order valence-electron chi connectivity index (χ3n) is 4.37. The van der Waals surface area contributed by atoms with E-state index in [1.54, 1.807) is 38.6 Å². The summed E-state index contributed by atoms with van der Waals surface area (Å²) in [5.74, 6) is -1.99. The van der Waals surface area contributed by atoms with Crippen LogP contribution in [0.4, 0.5) is 0 Å². The molecule has 0 aliphatic carbocycles. The first-order chi connectivity index (χ1) is 13.8. The van der Waals surface area contributed by atoms with Crippen LogP contribution in [0, 0.1) is 11.3 Å². The number of amides is 1. The van der Waals surface area contributed by atoms with E-state index in [-0.39, 0.29) is 26.2 Å². The molecule has 1 amide bonds. The van der Waals surface area contributed by atoms with Crippen molar-refractivity contribution < 1.29 is 14.3 Å². The minimum Gasteiger partial charge on any atom is -0.466 e. The van der Waals surface area contributed by atoms with Crippen LogP contribution in [0.3, 0.4) is 0 Å². The fraction of sp³-hybridized carbons (Fsp3) is 0.211. The number of nitrogens with zero attached hydrogens (tertiary/aromatic N) is 4. The molecule has 0 aromatic carbocycles. The van der Waals surface area contributed by atoms with Gasteiger partial charge in [-0.2, -0.15) is 5.26 Å². The lowest BCUT2D eigenvalue weighted by atomic mass is 9.84. The second-order valence-electron chi connectivity index (χ2n) is 6.32. The van der Waals surface area contributed by atoms with E-state index in [2.05, 4.69) is 9.72 Å². The summed E-state index contributed by atoms with van der Waals surface area (Å²) in [5.41, 5.74) is 6.43. The molecule has 0 unspecified atom stereocenters. The molecule has 3 heterocycles. The lowest BCUT2D eigenvalue weighted by Crippen LogP contribution is -2.41. The molecule has 2 aromatic rings. The lowest BCUT2D eigenvalue weighted by molar-refractivity contribution is -0.133. The Kier molecular flexibility index (Phi) is 5.34. The zero-order valence-electron chi connectivity index (χ0n) is 15.9. The van der Waals surface area contributed by atoms with E-state index >= 15 is 0 Å². The van der Waals surface area contributed by atoms with Crippen LogP contribution in [-0.2, 0) is 14.3 Å². The Morgan fingerprint density at radius 3 is 2.72 bits per heavy atom. The quantitative estimate of drug-likeness (QED) is 0.637. The maximum absolute atomic E-state index is 13.1. The van der Waals surface area contributed by atoms with Crippen LogP contribution in [0.25, 0.3) is 17.5 Å². The van der Waals surface area contributed by atoms with E-state index in [0.29, 0.717) is 5.56 Å². The molecule has 0 fully saturated rings. The number of aromatic nitrogens is 2. The number of esters is 1. The monoisotopic (exact) mass is 411 g/mol. The summed E-state index contributed by atoms with van der Waals surface area (Å²) >= 11 is 0.940. The third-order valence-corrected chi connectivity index (χ3v) is 5.48. The van der Waals surface area contributed by atoms with Gasteiger partial charge in [-0.1, -0.05) is 6.07 Å². The fourth-order valence-electron chi connectivity index (χ4n) is 3.04. The summed E-state index contributed by atoms with van der Waals surface area (Å²) in [6.45, 7) is 0. The largest absolute Gasteiger partial charge is 0.466 e. The zero-order chi connectivity index (χ0) is 21.3. The predicted molar refractivity (Wildman–Crippen MR) is 106 cm³/mol. The smallest absolute Gasteiger partial charge is 0.332 e. The zero-order valence-corrected chi connectivity index (χ0v) is 16.7. The molecule has 3 rings (SSSR count). The molecule has 9 nitrogen and oxygen atoms in total. The standard InChI is InChI=1S/C19H17N5O4S/c1-23(2)18(27)15-14(10-5-4-6-22-9-10)11(8-20)16(21)24-17(26)12(29-19(15)24)7-13(25)28-3/h4-7,9,14H,21H2,1-3H3/b12-7-/t14-/m1/s1. The van der Waals surface area contributed by atoms with Crippen LogP contribution in [0.2, 0.25) is 0 Å². The van der Waals surface area contributed by atoms with Crippen molar-refractivity contribution in [1.29, 1.82) is 5.26 Å². The van der Waals surface area contributed by atoms with Gasteiger partial charge in [0, 0.05) is 32.6 Å². The van der Waals surface area contributed by atoms with Crippen molar-refractivity contribution in [3.8, 4) is 6.07 Å². The Hall–Kier alpha value is -3.71. The number of carbonyl (C=O) groups excluding carboxylic acids is 2. The second-order valence-corrected chi connectivity index (χ2v) is 7.35. The van der Waals surface area contributed by atoms with Crippen molar-refractivity contribution >= 4 is 40.7 Å². The minimum absolute atomic E-state index is 0.0444. The highest BCUT2D eigenvalue weighted by atomic mass is 32.1. The average molecular weight is 411 g/mol. The first-order valence-electron chi connectivity index (χ1n) is 8.39. The number of pyridine rings is 1. The normalized spacial score (nSPS) is 16.3. The van der Waals surface area contributed by atoms with Crippen LogP contribution in [0.1, 0.15) is 11.5 Å². The van der Waals surface area contributed by atoms with E-state index in [0.717, 1.165) is 22.0 Å². The first kappa shape index (κ1) is 20.0. The number of nitrogens with two attached hydrogens (primary N) is 1. The van der Waals surface area contributed by atoms with Crippen molar-refractivity contribution in [3.05, 3.63) is 55.2 Å². The molecule has 1 aliphatic heterocycles. The Labute approximate surface area is 169 Å². The number of nitriles is 1.